The maximum Gasteiger partial charge on any atom is 0.415 e. The first kappa shape index (κ1) is 28.5. The number of anilines is 3. The molecule has 2 amide bonds. The van der Waals surface area contributed by atoms with Crippen LogP contribution in [0, 0.1) is 0 Å². The molecule has 3 heterocycles. The van der Waals surface area contributed by atoms with Gasteiger partial charge < -0.3 is 24.7 Å². The SMILES string of the molecule is CO[C@@H]1CC[C@H]1NC(=O)c1cnn2c(N(C)C(=O)OC(C)(C)C)cc(Nc3cccn(C4CC(F)(F)C4)c3=O)nc12. The number of ether oxygens (including phenoxy) is 2. The van der Waals surface area contributed by atoms with Gasteiger partial charge in [0.25, 0.3) is 17.4 Å². The average Bonchev–Trinajstić information content (AvgIpc) is 3.29. The summed E-state index contributed by atoms with van der Waals surface area (Å²) in [6.07, 6.45) is 2.83. The largest absolute Gasteiger partial charge is 0.443 e. The van der Waals surface area contributed by atoms with Gasteiger partial charge in [0.1, 0.15) is 28.5 Å². The molecule has 2 fully saturated rings. The smallest absolute Gasteiger partial charge is 0.415 e. The van der Waals surface area contributed by atoms with Gasteiger partial charge in [-0.2, -0.15) is 9.61 Å². The van der Waals surface area contributed by atoms with Crippen LogP contribution < -0.4 is 21.1 Å². The Morgan fingerprint density at radius 3 is 2.56 bits per heavy atom. The molecule has 0 spiro atoms. The first-order chi connectivity index (χ1) is 19.3. The number of methoxy groups -OCH3 is 1. The molecule has 0 bridgehead atoms. The van der Waals surface area contributed by atoms with Crippen molar-refractivity contribution < 1.29 is 27.8 Å². The lowest BCUT2D eigenvalue weighted by Gasteiger charge is -2.36. The summed E-state index contributed by atoms with van der Waals surface area (Å²) >= 11 is 0. The van der Waals surface area contributed by atoms with Crippen LogP contribution in [-0.4, -0.2) is 69.0 Å². The van der Waals surface area contributed by atoms with Crippen LogP contribution in [0.3, 0.4) is 0 Å². The first-order valence-electron chi connectivity index (χ1n) is 13.3. The van der Waals surface area contributed by atoms with E-state index in [0.29, 0.717) is 0 Å². The van der Waals surface area contributed by atoms with E-state index in [0.717, 1.165) is 12.8 Å². The second kappa shape index (κ2) is 10.4. The average molecular weight is 574 g/mol. The molecule has 0 aromatic carbocycles. The van der Waals surface area contributed by atoms with E-state index >= 15 is 0 Å². The number of nitrogens with one attached hydrogen (secondary N) is 2. The second-order valence-corrected chi connectivity index (χ2v) is 11.4. The number of halogens is 2. The van der Waals surface area contributed by atoms with E-state index in [2.05, 4.69) is 20.7 Å². The fourth-order valence-electron chi connectivity index (χ4n) is 4.85. The number of aromatic nitrogens is 4. The Labute approximate surface area is 234 Å². The molecule has 41 heavy (non-hydrogen) atoms. The molecule has 0 aliphatic heterocycles. The molecule has 14 heteroatoms. The molecule has 2 aliphatic rings. The summed E-state index contributed by atoms with van der Waals surface area (Å²) < 4.78 is 40.4. The molecule has 3 aromatic heterocycles. The van der Waals surface area contributed by atoms with E-state index < -0.39 is 48.0 Å². The van der Waals surface area contributed by atoms with Gasteiger partial charge in [-0.1, -0.05) is 0 Å². The Bertz CT molecular complexity index is 1540. The third-order valence-corrected chi connectivity index (χ3v) is 7.24. The quantitative estimate of drug-likeness (QED) is 0.435. The number of hydrogen-bond acceptors (Lipinski definition) is 8. The van der Waals surface area contributed by atoms with Crippen molar-refractivity contribution in [2.45, 2.75) is 76.2 Å². The molecule has 2 aliphatic carbocycles. The lowest BCUT2D eigenvalue weighted by Crippen LogP contribution is -2.51. The van der Waals surface area contributed by atoms with Crippen LogP contribution in [-0.2, 0) is 9.47 Å². The Balaban J connectivity index is 1.52. The van der Waals surface area contributed by atoms with Gasteiger partial charge in [-0.15, -0.1) is 0 Å². The van der Waals surface area contributed by atoms with Gasteiger partial charge in [0.05, 0.1) is 18.3 Å². The third-order valence-electron chi connectivity index (χ3n) is 7.24. The van der Waals surface area contributed by atoms with Gasteiger partial charge in [-0.3, -0.25) is 14.5 Å². The van der Waals surface area contributed by atoms with Crippen LogP contribution in [0.5, 0.6) is 0 Å². The summed E-state index contributed by atoms with van der Waals surface area (Å²) in [5.41, 5.74) is -0.911. The zero-order valence-corrected chi connectivity index (χ0v) is 23.5. The molecular weight excluding hydrogens is 540 g/mol. The predicted octanol–water partition coefficient (Wildman–Crippen LogP) is 3.88. The molecule has 2 saturated carbocycles. The summed E-state index contributed by atoms with van der Waals surface area (Å²) in [7, 11) is 3.07. The molecule has 12 nitrogen and oxygen atoms in total. The highest BCUT2D eigenvalue weighted by atomic mass is 19.3. The Morgan fingerprint density at radius 2 is 1.95 bits per heavy atom. The zero-order valence-electron chi connectivity index (χ0n) is 23.5. The summed E-state index contributed by atoms with van der Waals surface area (Å²) in [4.78, 5) is 45.1. The minimum absolute atomic E-state index is 0.0873. The fraction of sp³-hybridized carbons (Fsp3) is 0.519. The van der Waals surface area contributed by atoms with Crippen LogP contribution >= 0.6 is 0 Å². The van der Waals surface area contributed by atoms with E-state index in [4.69, 9.17) is 9.47 Å². The maximum absolute atomic E-state index is 13.5. The number of hydrogen-bond donors (Lipinski definition) is 2. The van der Waals surface area contributed by atoms with Crippen molar-refractivity contribution in [1.82, 2.24) is 24.5 Å². The minimum atomic E-state index is -2.79. The highest BCUT2D eigenvalue weighted by Crippen LogP contribution is 2.44. The number of pyridine rings is 1. The summed E-state index contributed by atoms with van der Waals surface area (Å²) in [5, 5.41) is 10.2. The topological polar surface area (TPSA) is 132 Å². The van der Waals surface area contributed by atoms with Crippen LogP contribution in [0.2, 0.25) is 0 Å². The Morgan fingerprint density at radius 1 is 1.22 bits per heavy atom. The van der Waals surface area contributed by atoms with Crippen LogP contribution in [0.1, 0.15) is 62.9 Å². The van der Waals surface area contributed by atoms with Gasteiger partial charge >= 0.3 is 6.09 Å². The Hall–Kier alpha value is -4.07. The monoisotopic (exact) mass is 573 g/mol. The van der Waals surface area contributed by atoms with Crippen molar-refractivity contribution in [1.29, 1.82) is 0 Å². The van der Waals surface area contributed by atoms with Gasteiger partial charge in [-0.25, -0.2) is 18.6 Å². The van der Waals surface area contributed by atoms with Crippen molar-refractivity contribution in [3.63, 3.8) is 0 Å². The number of amides is 2. The van der Waals surface area contributed by atoms with E-state index in [1.54, 1.807) is 33.9 Å². The number of carbonyl (C=O) groups is 2. The Kier molecular flexibility index (Phi) is 7.22. The van der Waals surface area contributed by atoms with Gasteiger partial charge in [0, 0.05) is 45.3 Å². The summed E-state index contributed by atoms with van der Waals surface area (Å²) in [5.74, 6) is -2.87. The molecule has 0 unspecified atom stereocenters. The van der Waals surface area contributed by atoms with E-state index in [1.165, 1.54) is 45.6 Å². The van der Waals surface area contributed by atoms with Crippen molar-refractivity contribution in [3.05, 3.63) is 46.5 Å². The summed E-state index contributed by atoms with van der Waals surface area (Å²) in [6.45, 7) is 5.20. The molecular formula is C27H33F2N7O5. The molecule has 3 aromatic rings. The number of carbonyl (C=O) groups excluding carboxylic acids is 2. The van der Waals surface area contributed by atoms with Crippen LogP contribution in [0.25, 0.3) is 5.65 Å². The van der Waals surface area contributed by atoms with Gasteiger partial charge in [0.15, 0.2) is 5.65 Å². The van der Waals surface area contributed by atoms with Crippen molar-refractivity contribution >= 4 is 35.0 Å². The second-order valence-electron chi connectivity index (χ2n) is 11.4. The number of nitrogens with zero attached hydrogens (tertiary/aromatic N) is 5. The highest BCUT2D eigenvalue weighted by molar-refractivity contribution is 6.00. The molecule has 0 saturated heterocycles. The summed E-state index contributed by atoms with van der Waals surface area (Å²) in [6, 6.07) is 3.79. The van der Waals surface area contributed by atoms with E-state index in [-0.39, 0.29) is 40.7 Å². The van der Waals surface area contributed by atoms with Gasteiger partial charge in [0.2, 0.25) is 0 Å². The van der Waals surface area contributed by atoms with Crippen LogP contribution in [0.4, 0.5) is 30.9 Å². The first-order valence-corrected chi connectivity index (χ1v) is 13.3. The van der Waals surface area contributed by atoms with Crippen molar-refractivity contribution in [2.24, 2.45) is 0 Å². The lowest BCUT2D eigenvalue weighted by molar-refractivity contribution is -0.104. The minimum Gasteiger partial charge on any atom is -0.443 e. The zero-order chi connectivity index (χ0) is 29.7. The molecule has 2 atom stereocenters. The van der Waals surface area contributed by atoms with Crippen LogP contribution in [0.15, 0.2) is 35.4 Å². The number of rotatable bonds is 7. The number of fused-ring (bicyclic) bond motifs is 1. The standard InChI is InChI=1S/C27H33F2N7O5/c1-26(2,3)41-25(39)34(4)21-11-20(31-18-7-6-10-35(24(18)38)15-12-27(28,29)13-15)33-22-16(14-30-36(21)22)23(37)32-17-8-9-19(17)40-5/h6-7,10-11,14-15,17,19H,8-9,12-13H2,1-5H3,(H,31,33)(H,32,37)/t17-,19-/m1/s1. The maximum atomic E-state index is 13.5. The lowest BCUT2D eigenvalue weighted by atomic mass is 9.88. The van der Waals surface area contributed by atoms with Crippen molar-refractivity contribution in [3.8, 4) is 0 Å². The molecule has 2 N–H and O–H groups in total. The normalized spacial score (nSPS) is 20.2. The van der Waals surface area contributed by atoms with Crippen molar-refractivity contribution in [2.75, 3.05) is 24.4 Å². The molecule has 0 radical (unpaired) electrons. The predicted molar refractivity (Wildman–Crippen MR) is 146 cm³/mol. The highest BCUT2D eigenvalue weighted by Gasteiger charge is 2.46. The van der Waals surface area contributed by atoms with E-state index in [9.17, 15) is 23.2 Å². The third kappa shape index (κ3) is 5.73. The van der Waals surface area contributed by atoms with Gasteiger partial charge in [-0.05, 0) is 45.7 Å². The molecule has 5 rings (SSSR count). The van der Waals surface area contributed by atoms with E-state index in [1.807, 2.05) is 0 Å². The number of alkyl halides is 2. The fourth-order valence-corrected chi connectivity index (χ4v) is 4.85. The molecule has 220 valence electrons.